The molecule has 1 aromatic heterocycles. The Balaban J connectivity index is 2.56. The predicted octanol–water partition coefficient (Wildman–Crippen LogP) is 0.715. The first-order valence-corrected chi connectivity index (χ1v) is 3.62. The number of carboxylic acid groups (broad SMARTS) is 1. The molecule has 0 saturated carbocycles. The number of rotatable bonds is 1. The number of hydrogen-bond donors (Lipinski definition) is 1. The predicted molar refractivity (Wildman–Crippen MR) is 40.4 cm³/mol. The van der Waals surface area contributed by atoms with E-state index in [-0.39, 0.29) is 5.56 Å². The first kappa shape index (κ1) is 7.09. The molecule has 1 aliphatic heterocycles. The molecule has 4 heteroatoms. The van der Waals surface area contributed by atoms with Crippen LogP contribution in [0.2, 0.25) is 0 Å². The van der Waals surface area contributed by atoms with Crippen LogP contribution in [0, 0.1) is 0 Å². The minimum atomic E-state index is -0.985. The second-order valence-electron chi connectivity index (χ2n) is 2.58. The van der Waals surface area contributed by atoms with Crippen LogP contribution in [0.15, 0.2) is 12.4 Å². The number of aromatic carboxylic acids is 1. The Morgan fingerprint density at radius 3 is 3.17 bits per heavy atom. The van der Waals surface area contributed by atoms with Gasteiger partial charge in [-0.1, -0.05) is 0 Å². The minimum absolute atomic E-state index is 0.157. The van der Waals surface area contributed by atoms with Crippen LogP contribution in [-0.4, -0.2) is 22.7 Å². The monoisotopic (exact) mass is 165 g/mol. The standard InChI is InChI=1S/C8H7NO3/c10-8(11)6-4-9-3-5-1-2-12-7(5)6/h3-4H,1-2H2,(H,10,11). The highest BCUT2D eigenvalue weighted by Crippen LogP contribution is 2.27. The molecule has 1 N–H and O–H groups in total. The lowest BCUT2D eigenvalue weighted by atomic mass is 10.1. The van der Waals surface area contributed by atoms with Crippen LogP contribution in [0.1, 0.15) is 15.9 Å². The maximum atomic E-state index is 10.6. The van der Waals surface area contributed by atoms with Gasteiger partial charge in [-0.15, -0.1) is 0 Å². The Kier molecular flexibility index (Phi) is 1.46. The Morgan fingerprint density at radius 1 is 1.58 bits per heavy atom. The fraction of sp³-hybridized carbons (Fsp3) is 0.250. The molecule has 12 heavy (non-hydrogen) atoms. The van der Waals surface area contributed by atoms with Gasteiger partial charge in [-0.25, -0.2) is 4.79 Å². The minimum Gasteiger partial charge on any atom is -0.492 e. The molecule has 0 radical (unpaired) electrons. The van der Waals surface area contributed by atoms with Gasteiger partial charge in [0.2, 0.25) is 0 Å². The van der Waals surface area contributed by atoms with Gasteiger partial charge in [0.1, 0.15) is 11.3 Å². The van der Waals surface area contributed by atoms with Gasteiger partial charge in [0.15, 0.2) is 0 Å². The van der Waals surface area contributed by atoms with E-state index in [1.54, 1.807) is 6.20 Å². The van der Waals surface area contributed by atoms with Crippen molar-refractivity contribution in [1.82, 2.24) is 4.98 Å². The Labute approximate surface area is 68.8 Å². The third-order valence-corrected chi connectivity index (χ3v) is 1.82. The lowest BCUT2D eigenvalue weighted by Gasteiger charge is -2.01. The quantitative estimate of drug-likeness (QED) is 0.665. The third kappa shape index (κ3) is 0.922. The van der Waals surface area contributed by atoms with Gasteiger partial charge in [-0.05, 0) is 0 Å². The Morgan fingerprint density at radius 2 is 2.42 bits per heavy atom. The highest BCUT2D eigenvalue weighted by atomic mass is 16.5. The summed E-state index contributed by atoms with van der Waals surface area (Å²) in [5.41, 5.74) is 1.04. The van der Waals surface area contributed by atoms with Crippen LogP contribution < -0.4 is 4.74 Å². The molecule has 0 atom stereocenters. The average molecular weight is 165 g/mol. The molecule has 2 rings (SSSR count). The molecule has 1 aromatic rings. The number of carboxylic acids is 1. The SMILES string of the molecule is O=C(O)c1cncc2c1OCC2. The van der Waals surface area contributed by atoms with Crippen molar-refractivity contribution in [1.29, 1.82) is 0 Å². The molecule has 2 heterocycles. The lowest BCUT2D eigenvalue weighted by molar-refractivity contribution is 0.0693. The zero-order valence-corrected chi connectivity index (χ0v) is 6.28. The van der Waals surface area contributed by atoms with E-state index in [4.69, 9.17) is 9.84 Å². The van der Waals surface area contributed by atoms with Gasteiger partial charge in [0.25, 0.3) is 0 Å². The maximum Gasteiger partial charge on any atom is 0.341 e. The van der Waals surface area contributed by atoms with Crippen molar-refractivity contribution in [3.05, 3.63) is 23.5 Å². The van der Waals surface area contributed by atoms with E-state index in [0.29, 0.717) is 12.4 Å². The molecule has 0 amide bonds. The zero-order valence-electron chi connectivity index (χ0n) is 6.28. The second-order valence-corrected chi connectivity index (χ2v) is 2.58. The largest absolute Gasteiger partial charge is 0.492 e. The summed E-state index contributed by atoms with van der Waals surface area (Å²) in [5.74, 6) is -0.501. The summed E-state index contributed by atoms with van der Waals surface area (Å²) in [6.45, 7) is 0.557. The molecule has 62 valence electrons. The lowest BCUT2D eigenvalue weighted by Crippen LogP contribution is -2.00. The van der Waals surface area contributed by atoms with Gasteiger partial charge >= 0.3 is 5.97 Å². The van der Waals surface area contributed by atoms with E-state index in [9.17, 15) is 4.79 Å². The fourth-order valence-electron chi connectivity index (χ4n) is 1.26. The molecule has 0 bridgehead atoms. The van der Waals surface area contributed by atoms with Crippen LogP contribution in [0.25, 0.3) is 0 Å². The van der Waals surface area contributed by atoms with Gasteiger partial charge in [0.05, 0.1) is 6.61 Å². The molecule has 0 aliphatic carbocycles. The fourth-order valence-corrected chi connectivity index (χ4v) is 1.26. The summed E-state index contributed by atoms with van der Waals surface area (Å²) >= 11 is 0. The van der Waals surface area contributed by atoms with Crippen molar-refractivity contribution < 1.29 is 14.6 Å². The summed E-state index contributed by atoms with van der Waals surface area (Å²) in [6.07, 6.45) is 3.71. The van der Waals surface area contributed by atoms with Crippen LogP contribution in [0.4, 0.5) is 0 Å². The number of ether oxygens (including phenoxy) is 1. The van der Waals surface area contributed by atoms with Gasteiger partial charge in [0, 0.05) is 24.4 Å². The first-order chi connectivity index (χ1) is 5.79. The summed E-state index contributed by atoms with van der Waals surface area (Å²) in [5, 5.41) is 8.73. The van der Waals surface area contributed by atoms with E-state index in [1.807, 2.05) is 0 Å². The van der Waals surface area contributed by atoms with Crippen LogP contribution in [-0.2, 0) is 6.42 Å². The number of carbonyl (C=O) groups is 1. The molecule has 0 saturated heterocycles. The number of nitrogens with zero attached hydrogens (tertiary/aromatic N) is 1. The topological polar surface area (TPSA) is 59.4 Å². The van der Waals surface area contributed by atoms with E-state index in [1.165, 1.54) is 6.20 Å². The van der Waals surface area contributed by atoms with E-state index in [2.05, 4.69) is 4.98 Å². The van der Waals surface area contributed by atoms with Gasteiger partial charge < -0.3 is 9.84 Å². The van der Waals surface area contributed by atoms with Crippen LogP contribution >= 0.6 is 0 Å². The molecule has 4 nitrogen and oxygen atoms in total. The zero-order chi connectivity index (χ0) is 8.55. The summed E-state index contributed by atoms with van der Waals surface area (Å²) in [7, 11) is 0. The smallest absolute Gasteiger partial charge is 0.341 e. The van der Waals surface area contributed by atoms with Crippen molar-refractivity contribution in [2.24, 2.45) is 0 Å². The molecule has 1 aliphatic rings. The summed E-state index contributed by atoms with van der Waals surface area (Å²) in [6, 6.07) is 0. The first-order valence-electron chi connectivity index (χ1n) is 3.62. The van der Waals surface area contributed by atoms with Crippen LogP contribution in [0.5, 0.6) is 5.75 Å². The van der Waals surface area contributed by atoms with Gasteiger partial charge in [-0.2, -0.15) is 0 Å². The third-order valence-electron chi connectivity index (χ3n) is 1.82. The highest BCUT2D eigenvalue weighted by molar-refractivity contribution is 5.91. The Hall–Kier alpha value is -1.58. The number of hydrogen-bond acceptors (Lipinski definition) is 3. The van der Waals surface area contributed by atoms with Crippen LogP contribution in [0.3, 0.4) is 0 Å². The highest BCUT2D eigenvalue weighted by Gasteiger charge is 2.20. The molecular weight excluding hydrogens is 158 g/mol. The summed E-state index contributed by atoms with van der Waals surface area (Å²) in [4.78, 5) is 14.5. The van der Waals surface area contributed by atoms with E-state index >= 15 is 0 Å². The Bertz CT molecular complexity index is 335. The normalized spacial score (nSPS) is 13.7. The number of fused-ring (bicyclic) bond motifs is 1. The van der Waals surface area contributed by atoms with Crippen molar-refractivity contribution in [2.75, 3.05) is 6.61 Å². The van der Waals surface area contributed by atoms with E-state index < -0.39 is 5.97 Å². The molecule has 0 unspecified atom stereocenters. The molecule has 0 aromatic carbocycles. The average Bonchev–Trinajstić information content (AvgIpc) is 2.49. The summed E-state index contributed by atoms with van der Waals surface area (Å²) < 4.78 is 5.17. The second kappa shape index (κ2) is 2.48. The molecule has 0 spiro atoms. The van der Waals surface area contributed by atoms with E-state index in [0.717, 1.165) is 12.0 Å². The van der Waals surface area contributed by atoms with Crippen molar-refractivity contribution in [2.45, 2.75) is 6.42 Å². The van der Waals surface area contributed by atoms with Crippen molar-refractivity contribution in [3.63, 3.8) is 0 Å². The van der Waals surface area contributed by atoms with Crippen molar-refractivity contribution in [3.8, 4) is 5.75 Å². The van der Waals surface area contributed by atoms with Gasteiger partial charge in [-0.3, -0.25) is 4.98 Å². The number of pyridine rings is 1. The maximum absolute atomic E-state index is 10.6. The molecular formula is C8H7NO3. The van der Waals surface area contributed by atoms with Crippen molar-refractivity contribution >= 4 is 5.97 Å². The molecule has 0 fully saturated rings. The number of aromatic nitrogens is 1.